The van der Waals surface area contributed by atoms with Crippen LogP contribution < -0.4 is 10.0 Å². The molecule has 6 heteroatoms. The number of amides is 1. The minimum Gasteiger partial charge on any atom is -0.346 e. The summed E-state index contributed by atoms with van der Waals surface area (Å²) in [6.07, 6.45) is 0. The summed E-state index contributed by atoms with van der Waals surface area (Å²) in [5, 5.41) is 3.01. The molecule has 0 spiro atoms. The van der Waals surface area contributed by atoms with Gasteiger partial charge < -0.3 is 5.32 Å². The molecule has 0 aliphatic rings. The third-order valence-electron chi connectivity index (χ3n) is 5.53. The van der Waals surface area contributed by atoms with Crippen LogP contribution in [0.5, 0.6) is 0 Å². The van der Waals surface area contributed by atoms with Crippen LogP contribution >= 0.6 is 0 Å². The van der Waals surface area contributed by atoms with Gasteiger partial charge in [-0.05, 0) is 81.1 Å². The first kappa shape index (κ1) is 22.6. The molecule has 0 fully saturated rings. The highest BCUT2D eigenvalue weighted by atomic mass is 32.2. The topological polar surface area (TPSA) is 75.3 Å². The predicted octanol–water partition coefficient (Wildman–Crippen LogP) is 5.21. The summed E-state index contributed by atoms with van der Waals surface area (Å²) in [6.45, 7) is 9.66. The average molecular weight is 437 g/mol. The number of benzene rings is 3. The van der Waals surface area contributed by atoms with Gasteiger partial charge in [-0.15, -0.1) is 0 Å². The zero-order chi connectivity index (χ0) is 22.8. The van der Waals surface area contributed by atoms with Crippen molar-refractivity contribution in [2.45, 2.75) is 45.6 Å². The first-order chi connectivity index (χ1) is 14.6. The van der Waals surface area contributed by atoms with E-state index in [9.17, 15) is 13.2 Å². The molecule has 3 aromatic carbocycles. The predicted molar refractivity (Wildman–Crippen MR) is 125 cm³/mol. The van der Waals surface area contributed by atoms with Crippen molar-refractivity contribution in [3.05, 3.63) is 94.0 Å². The summed E-state index contributed by atoms with van der Waals surface area (Å²) >= 11 is 0. The zero-order valence-electron chi connectivity index (χ0n) is 18.5. The second-order valence-corrected chi connectivity index (χ2v) is 9.62. The van der Waals surface area contributed by atoms with Crippen LogP contribution in [-0.2, 0) is 10.0 Å². The number of anilines is 1. The molecule has 5 nitrogen and oxygen atoms in total. The second-order valence-electron chi connectivity index (χ2n) is 7.94. The first-order valence-corrected chi connectivity index (χ1v) is 11.6. The molecule has 3 aromatic rings. The molecule has 0 bridgehead atoms. The molecule has 0 heterocycles. The number of nitrogens with one attached hydrogen (secondary N) is 2. The molecule has 31 heavy (non-hydrogen) atoms. The summed E-state index contributed by atoms with van der Waals surface area (Å²) in [6, 6.07) is 17.6. The third-order valence-corrected chi connectivity index (χ3v) is 6.91. The first-order valence-electron chi connectivity index (χ1n) is 10.2. The molecule has 0 aromatic heterocycles. The van der Waals surface area contributed by atoms with E-state index in [1.54, 1.807) is 49.4 Å². The molecular formula is C25H28N2O3S. The number of hydrogen-bond acceptors (Lipinski definition) is 3. The Kier molecular flexibility index (Phi) is 6.51. The van der Waals surface area contributed by atoms with Crippen molar-refractivity contribution < 1.29 is 13.2 Å². The van der Waals surface area contributed by atoms with Crippen LogP contribution in [0.15, 0.2) is 65.6 Å². The number of hydrogen-bond donors (Lipinski definition) is 2. The van der Waals surface area contributed by atoms with E-state index in [2.05, 4.69) is 23.0 Å². The van der Waals surface area contributed by atoms with Gasteiger partial charge in [0.2, 0.25) is 0 Å². The maximum Gasteiger partial charge on any atom is 0.261 e. The summed E-state index contributed by atoms with van der Waals surface area (Å²) in [7, 11) is -3.75. The molecule has 162 valence electrons. The highest BCUT2D eigenvalue weighted by Gasteiger charge is 2.19. The van der Waals surface area contributed by atoms with Gasteiger partial charge in [-0.25, -0.2) is 8.42 Å². The molecule has 0 saturated heterocycles. The molecule has 0 radical (unpaired) electrons. The Morgan fingerprint density at radius 1 is 0.871 bits per heavy atom. The number of carbonyl (C=O) groups is 1. The summed E-state index contributed by atoms with van der Waals surface area (Å²) < 4.78 is 28.1. The lowest BCUT2D eigenvalue weighted by molar-refractivity contribution is 0.0939. The fraction of sp³-hybridized carbons (Fsp3) is 0.240. The Morgan fingerprint density at radius 3 is 2.19 bits per heavy atom. The summed E-state index contributed by atoms with van der Waals surface area (Å²) in [5.41, 5.74) is 5.75. The summed E-state index contributed by atoms with van der Waals surface area (Å²) in [4.78, 5) is 13.1. The Morgan fingerprint density at radius 2 is 1.55 bits per heavy atom. The van der Waals surface area contributed by atoms with Crippen LogP contribution in [0.3, 0.4) is 0 Å². The van der Waals surface area contributed by atoms with Crippen molar-refractivity contribution in [3.8, 4) is 0 Å². The molecule has 0 saturated carbocycles. The third kappa shape index (κ3) is 5.14. The van der Waals surface area contributed by atoms with Gasteiger partial charge in [-0.3, -0.25) is 9.52 Å². The van der Waals surface area contributed by atoms with Crippen LogP contribution in [0.2, 0.25) is 0 Å². The van der Waals surface area contributed by atoms with Crippen LogP contribution in [0.1, 0.15) is 51.1 Å². The van der Waals surface area contributed by atoms with Crippen molar-refractivity contribution in [3.63, 3.8) is 0 Å². The normalized spacial score (nSPS) is 12.3. The standard InChI is InChI=1S/C25H28N2O3S/c1-16-9-13-22(14-10-16)31(29,30)27-24-8-6-7-23(19(24)4)25(28)26-20(5)21-12-11-17(2)18(3)15-21/h6-15,20,27H,1-5H3,(H,26,28)/t20-/m1/s1. The highest BCUT2D eigenvalue weighted by molar-refractivity contribution is 7.92. The van der Waals surface area contributed by atoms with E-state index < -0.39 is 10.0 Å². The van der Waals surface area contributed by atoms with Crippen LogP contribution in [0.4, 0.5) is 5.69 Å². The Hall–Kier alpha value is -3.12. The molecular weight excluding hydrogens is 408 g/mol. The van der Waals surface area contributed by atoms with Crippen LogP contribution in [-0.4, -0.2) is 14.3 Å². The minimum atomic E-state index is -3.75. The van der Waals surface area contributed by atoms with Crippen LogP contribution in [0.25, 0.3) is 0 Å². The molecule has 0 aliphatic heterocycles. The minimum absolute atomic E-state index is 0.177. The van der Waals surface area contributed by atoms with Gasteiger partial charge in [0.05, 0.1) is 16.6 Å². The fourth-order valence-corrected chi connectivity index (χ4v) is 4.43. The van der Waals surface area contributed by atoms with E-state index in [1.807, 2.05) is 32.9 Å². The van der Waals surface area contributed by atoms with E-state index in [1.165, 1.54) is 11.1 Å². The second kappa shape index (κ2) is 8.94. The van der Waals surface area contributed by atoms with Gasteiger partial charge in [0.25, 0.3) is 15.9 Å². The lowest BCUT2D eigenvalue weighted by atomic mass is 10.0. The molecule has 1 atom stereocenters. The maximum absolute atomic E-state index is 12.9. The molecule has 2 N–H and O–H groups in total. The van der Waals surface area contributed by atoms with E-state index in [4.69, 9.17) is 0 Å². The van der Waals surface area contributed by atoms with E-state index in [0.29, 0.717) is 16.8 Å². The Balaban J connectivity index is 1.81. The van der Waals surface area contributed by atoms with Crippen molar-refractivity contribution in [2.24, 2.45) is 0 Å². The SMILES string of the molecule is Cc1ccc(S(=O)(=O)Nc2cccc(C(=O)N[C@H](C)c3ccc(C)c(C)c3)c2C)cc1. The van der Waals surface area contributed by atoms with E-state index >= 15 is 0 Å². The lowest BCUT2D eigenvalue weighted by Gasteiger charge is -2.18. The molecule has 0 aliphatic carbocycles. The maximum atomic E-state index is 12.9. The quantitative estimate of drug-likeness (QED) is 0.557. The smallest absolute Gasteiger partial charge is 0.261 e. The zero-order valence-corrected chi connectivity index (χ0v) is 19.3. The van der Waals surface area contributed by atoms with E-state index in [-0.39, 0.29) is 16.8 Å². The summed E-state index contributed by atoms with van der Waals surface area (Å²) in [5.74, 6) is -0.250. The van der Waals surface area contributed by atoms with Crippen molar-refractivity contribution in [2.75, 3.05) is 4.72 Å². The molecule has 1 amide bonds. The monoisotopic (exact) mass is 436 g/mol. The van der Waals surface area contributed by atoms with Gasteiger partial charge in [0, 0.05) is 5.56 Å². The van der Waals surface area contributed by atoms with Gasteiger partial charge >= 0.3 is 0 Å². The fourth-order valence-electron chi connectivity index (χ4n) is 3.30. The Labute approximate surface area is 184 Å². The number of carbonyl (C=O) groups excluding carboxylic acids is 1. The van der Waals surface area contributed by atoms with Crippen molar-refractivity contribution in [1.82, 2.24) is 5.32 Å². The van der Waals surface area contributed by atoms with Crippen molar-refractivity contribution >= 4 is 21.6 Å². The molecule has 3 rings (SSSR count). The van der Waals surface area contributed by atoms with E-state index in [0.717, 1.165) is 11.1 Å². The lowest BCUT2D eigenvalue weighted by Crippen LogP contribution is -2.27. The van der Waals surface area contributed by atoms with Gasteiger partial charge in [-0.2, -0.15) is 0 Å². The number of sulfonamides is 1. The van der Waals surface area contributed by atoms with Gasteiger partial charge in [-0.1, -0.05) is 42.0 Å². The highest BCUT2D eigenvalue weighted by Crippen LogP contribution is 2.24. The average Bonchev–Trinajstić information content (AvgIpc) is 2.71. The number of aryl methyl sites for hydroxylation is 3. The van der Waals surface area contributed by atoms with Crippen molar-refractivity contribution in [1.29, 1.82) is 0 Å². The Bertz CT molecular complexity index is 1220. The van der Waals surface area contributed by atoms with Gasteiger partial charge in [0.15, 0.2) is 0 Å². The molecule has 0 unspecified atom stereocenters. The van der Waals surface area contributed by atoms with Crippen LogP contribution in [0, 0.1) is 27.7 Å². The number of rotatable bonds is 6. The largest absolute Gasteiger partial charge is 0.346 e. The van der Waals surface area contributed by atoms with Gasteiger partial charge in [0.1, 0.15) is 0 Å².